The SMILES string of the molecule is C#CCOCCOCCOCC(=O)NC(C(=O)NC(CCCN)C(=O)Nc1ccc(COC(=O)N(C)C(CNC(C(=O)N(C)C(C(C)CC)C(CC(=O)N2CCCC2C(OC)C(C)C(=O)NC(C)C(O)c2ccccc2)OC)C(C)C)C(C)C)cc1)C(C)C. The molecule has 7 amide bonds. The third-order valence-electron chi connectivity index (χ3n) is 16.6. The number of hydrogen-bond acceptors (Lipinski definition) is 16. The molecule has 1 aliphatic heterocycles. The molecule has 23 heteroatoms. The first-order valence-electron chi connectivity index (χ1n) is 31.5. The van der Waals surface area contributed by atoms with Crippen molar-refractivity contribution >= 4 is 47.2 Å². The minimum atomic E-state index is -0.967. The zero-order valence-electron chi connectivity index (χ0n) is 55.4. The summed E-state index contributed by atoms with van der Waals surface area (Å²) in [7, 11) is 6.51. The van der Waals surface area contributed by atoms with E-state index in [2.05, 4.69) is 32.5 Å². The molecule has 2 aromatic carbocycles. The number of hydrogen-bond donors (Lipinski definition) is 7. The number of terminal acetylenes is 1. The number of anilines is 1. The standard InChI is InChI=1S/C66H107N9O14/c1-16-33-86-34-35-87-36-37-88-41-55(76)72-57(43(5)6)64(81)71-51(25-21-31-67)63(80)70-50-29-27-48(28-30-50)40-89-66(83)73(12)53(42(3)4)39-68-58(44(7)8)65(82)74(13)59(45(9)17-2)54(84-14)38-56(77)75-32-22-26-52(75)61(85-15)46(10)62(79)69-47(11)60(78)49-23-19-18-20-24-49/h1,18-20,23-24,27-30,42-47,51-54,57-61,68,78H,17,21-22,25-26,31-41,67H2,2-15H3,(H,69,79)(H,70,80)(H,71,81)(H,72,76). The molecule has 0 spiro atoms. The minimum Gasteiger partial charge on any atom is -0.445 e. The molecule has 3 rings (SSSR count). The van der Waals surface area contributed by atoms with E-state index in [-0.39, 0.29) is 106 Å². The van der Waals surface area contributed by atoms with Gasteiger partial charge in [-0.2, -0.15) is 0 Å². The summed E-state index contributed by atoms with van der Waals surface area (Å²) in [6, 6.07) is 11.4. The molecule has 12 unspecified atom stereocenters. The van der Waals surface area contributed by atoms with E-state index in [4.69, 9.17) is 40.6 Å². The summed E-state index contributed by atoms with van der Waals surface area (Å²) in [5, 5.41) is 25.7. The molecule has 0 aliphatic carbocycles. The Kier molecular flexibility index (Phi) is 35.0. The molecule has 0 radical (unpaired) electrons. The van der Waals surface area contributed by atoms with Crippen molar-refractivity contribution in [1.29, 1.82) is 0 Å². The number of rotatable bonds is 41. The maximum Gasteiger partial charge on any atom is 0.410 e. The summed E-state index contributed by atoms with van der Waals surface area (Å²) in [4.78, 5) is 102. The maximum absolute atomic E-state index is 14.8. The molecule has 500 valence electrons. The highest BCUT2D eigenvalue weighted by Crippen LogP contribution is 2.30. The van der Waals surface area contributed by atoms with Crippen LogP contribution in [-0.4, -0.2) is 203 Å². The van der Waals surface area contributed by atoms with Gasteiger partial charge >= 0.3 is 6.09 Å². The zero-order chi connectivity index (χ0) is 66.3. The van der Waals surface area contributed by atoms with Crippen LogP contribution in [0.4, 0.5) is 10.5 Å². The van der Waals surface area contributed by atoms with Gasteiger partial charge in [-0.1, -0.05) is 117 Å². The summed E-state index contributed by atoms with van der Waals surface area (Å²) in [5.41, 5.74) is 7.57. The topological polar surface area (TPSA) is 291 Å². The number of nitrogens with zero attached hydrogens (tertiary/aromatic N) is 3. The second-order valence-corrected chi connectivity index (χ2v) is 24.2. The molecule has 8 N–H and O–H groups in total. The highest BCUT2D eigenvalue weighted by Gasteiger charge is 2.43. The largest absolute Gasteiger partial charge is 0.445 e. The van der Waals surface area contributed by atoms with Crippen LogP contribution in [0, 0.1) is 41.9 Å². The van der Waals surface area contributed by atoms with Crippen molar-refractivity contribution in [1.82, 2.24) is 36.0 Å². The summed E-state index contributed by atoms with van der Waals surface area (Å²) in [6.07, 6.45) is 5.09. The third kappa shape index (κ3) is 24.8. The van der Waals surface area contributed by atoms with Gasteiger partial charge in [0, 0.05) is 53.1 Å². The van der Waals surface area contributed by atoms with Crippen LogP contribution in [0.3, 0.4) is 0 Å². The smallest absolute Gasteiger partial charge is 0.410 e. The van der Waals surface area contributed by atoms with Crippen LogP contribution in [0.25, 0.3) is 0 Å². The molecule has 1 saturated heterocycles. The normalized spacial score (nSPS) is 17.0. The Morgan fingerprint density at radius 1 is 0.775 bits per heavy atom. The number of likely N-dealkylation sites (N-methyl/N-ethyl adjacent to an activating group) is 2. The first kappa shape index (κ1) is 77.0. The van der Waals surface area contributed by atoms with Crippen molar-refractivity contribution < 1.29 is 67.1 Å². The monoisotopic (exact) mass is 1250 g/mol. The fraction of sp³-hybridized carbons (Fsp3) is 0.682. The fourth-order valence-corrected chi connectivity index (χ4v) is 11.1. The van der Waals surface area contributed by atoms with E-state index in [1.807, 2.05) is 59.7 Å². The average molecular weight is 1250 g/mol. The number of likely N-dealkylation sites (tertiary alicyclic amines) is 1. The predicted octanol–water partition coefficient (Wildman–Crippen LogP) is 5.04. The lowest BCUT2D eigenvalue weighted by Gasteiger charge is -2.41. The summed E-state index contributed by atoms with van der Waals surface area (Å²) >= 11 is 0. The van der Waals surface area contributed by atoms with Gasteiger partial charge in [0.15, 0.2) is 0 Å². The van der Waals surface area contributed by atoms with E-state index in [1.165, 1.54) is 4.90 Å². The first-order chi connectivity index (χ1) is 42.4. The van der Waals surface area contributed by atoms with Gasteiger partial charge in [0.25, 0.3) is 0 Å². The van der Waals surface area contributed by atoms with E-state index >= 15 is 0 Å². The Hall–Kier alpha value is -6.23. The van der Waals surface area contributed by atoms with Crippen molar-refractivity contribution in [2.24, 2.45) is 35.3 Å². The molecule has 1 heterocycles. The molecular weight excluding hydrogens is 1140 g/mol. The number of aliphatic hydroxyl groups excluding tert-OH is 1. The number of carbonyl (C=O) groups excluding carboxylic acids is 7. The van der Waals surface area contributed by atoms with Crippen molar-refractivity contribution in [3.8, 4) is 12.3 Å². The second kappa shape index (κ2) is 40.5. The van der Waals surface area contributed by atoms with Gasteiger partial charge in [-0.25, -0.2) is 4.79 Å². The minimum absolute atomic E-state index is 0.0101. The van der Waals surface area contributed by atoms with Gasteiger partial charge in [-0.15, -0.1) is 6.42 Å². The number of amides is 7. The van der Waals surface area contributed by atoms with Crippen LogP contribution in [-0.2, 0) is 63.8 Å². The van der Waals surface area contributed by atoms with E-state index in [0.29, 0.717) is 55.8 Å². The van der Waals surface area contributed by atoms with E-state index in [9.17, 15) is 38.7 Å². The molecule has 89 heavy (non-hydrogen) atoms. The highest BCUT2D eigenvalue weighted by molar-refractivity contribution is 5.98. The van der Waals surface area contributed by atoms with Crippen molar-refractivity contribution in [2.75, 3.05) is 92.9 Å². The van der Waals surface area contributed by atoms with E-state index in [1.54, 1.807) is 102 Å². The van der Waals surface area contributed by atoms with Gasteiger partial charge in [0.1, 0.15) is 31.9 Å². The number of carbonyl (C=O) groups is 7. The molecular formula is C66H107N9O14. The number of aliphatic hydroxyl groups is 1. The van der Waals surface area contributed by atoms with Crippen LogP contribution < -0.4 is 32.3 Å². The summed E-state index contributed by atoms with van der Waals surface area (Å²) in [5.74, 6) is -1.07. The van der Waals surface area contributed by atoms with E-state index in [0.717, 1.165) is 6.42 Å². The van der Waals surface area contributed by atoms with Gasteiger partial charge < -0.3 is 80.5 Å². The quantitative estimate of drug-likeness (QED) is 0.0339. The fourth-order valence-electron chi connectivity index (χ4n) is 11.1. The maximum atomic E-state index is 14.8. The van der Waals surface area contributed by atoms with Crippen molar-refractivity contribution in [2.45, 2.75) is 175 Å². The summed E-state index contributed by atoms with van der Waals surface area (Å²) < 4.78 is 33.8. The van der Waals surface area contributed by atoms with Gasteiger partial charge in [-0.05, 0) is 86.1 Å². The van der Waals surface area contributed by atoms with Gasteiger partial charge in [0.05, 0.1) is 81.2 Å². The van der Waals surface area contributed by atoms with Crippen LogP contribution in [0.1, 0.15) is 125 Å². The third-order valence-corrected chi connectivity index (χ3v) is 16.6. The Morgan fingerprint density at radius 2 is 1.42 bits per heavy atom. The van der Waals surface area contributed by atoms with Gasteiger partial charge in [-0.3, -0.25) is 28.8 Å². The molecule has 23 nitrogen and oxygen atoms in total. The Morgan fingerprint density at radius 3 is 2.00 bits per heavy atom. The Labute approximate surface area is 529 Å². The number of nitrogens with one attached hydrogen (secondary N) is 5. The molecule has 1 fully saturated rings. The highest BCUT2D eigenvalue weighted by atomic mass is 16.6. The molecule has 0 saturated carbocycles. The van der Waals surface area contributed by atoms with Crippen LogP contribution in [0.5, 0.6) is 0 Å². The Balaban J connectivity index is 1.62. The molecule has 12 atom stereocenters. The Bertz CT molecular complexity index is 2500. The number of nitrogens with two attached hydrogens (primary N) is 1. The number of methoxy groups -OCH3 is 2. The van der Waals surface area contributed by atoms with Crippen LogP contribution in [0.15, 0.2) is 54.6 Å². The average Bonchev–Trinajstić information content (AvgIpc) is 2.97. The van der Waals surface area contributed by atoms with Crippen molar-refractivity contribution in [3.63, 3.8) is 0 Å². The molecule has 1 aliphatic rings. The molecule has 2 aromatic rings. The molecule has 0 aromatic heterocycles. The zero-order valence-corrected chi connectivity index (χ0v) is 55.4. The number of benzene rings is 2. The first-order valence-corrected chi connectivity index (χ1v) is 31.5. The lowest BCUT2D eigenvalue weighted by atomic mass is 9.89. The lowest BCUT2D eigenvalue weighted by molar-refractivity contribution is -0.147. The van der Waals surface area contributed by atoms with Gasteiger partial charge in [0.2, 0.25) is 35.4 Å². The van der Waals surface area contributed by atoms with Crippen LogP contribution in [0.2, 0.25) is 0 Å². The lowest BCUT2D eigenvalue weighted by Crippen LogP contribution is -2.58. The second-order valence-electron chi connectivity index (χ2n) is 24.2. The van der Waals surface area contributed by atoms with E-state index < -0.39 is 84.3 Å². The van der Waals surface area contributed by atoms with Crippen LogP contribution >= 0.6 is 0 Å². The number of ether oxygens (including phenoxy) is 6. The molecule has 0 bridgehead atoms. The summed E-state index contributed by atoms with van der Waals surface area (Å²) in [6.45, 7) is 20.9. The van der Waals surface area contributed by atoms with Crippen molar-refractivity contribution in [3.05, 3.63) is 65.7 Å². The predicted molar refractivity (Wildman–Crippen MR) is 342 cm³/mol.